The summed E-state index contributed by atoms with van der Waals surface area (Å²) in [5.41, 5.74) is 6.37. The molecule has 0 unspecified atom stereocenters. The van der Waals surface area contributed by atoms with Crippen LogP contribution in [0.4, 0.5) is 5.69 Å². The molecule has 0 saturated heterocycles. The van der Waals surface area contributed by atoms with E-state index in [4.69, 9.17) is 19.9 Å². The quantitative estimate of drug-likeness (QED) is 0.540. The number of rotatable bonds is 8. The van der Waals surface area contributed by atoms with E-state index < -0.39 is 0 Å². The van der Waals surface area contributed by atoms with Crippen LogP contribution in [0, 0.1) is 0 Å². The fourth-order valence-electron chi connectivity index (χ4n) is 1.19. The van der Waals surface area contributed by atoms with Crippen LogP contribution in [-0.4, -0.2) is 33.0 Å². The Kier molecular flexibility index (Phi) is 6.37. The lowest BCUT2D eigenvalue weighted by Gasteiger charge is -2.08. The van der Waals surface area contributed by atoms with Crippen molar-refractivity contribution < 1.29 is 14.2 Å². The van der Waals surface area contributed by atoms with Gasteiger partial charge < -0.3 is 19.9 Å². The Bertz CT molecular complexity index is 291. The molecule has 0 aromatic heterocycles. The van der Waals surface area contributed by atoms with Gasteiger partial charge >= 0.3 is 0 Å². The molecule has 1 aromatic carbocycles. The standard InChI is InChI=1S/C12H19NO3/c1-2-14-7-8-15-9-10-16-12-6-4-3-5-11(12)13/h3-6H,2,7-10,13H2,1H3. The van der Waals surface area contributed by atoms with Crippen molar-refractivity contribution in [3.63, 3.8) is 0 Å². The molecule has 90 valence electrons. The van der Waals surface area contributed by atoms with E-state index in [-0.39, 0.29) is 0 Å². The van der Waals surface area contributed by atoms with Gasteiger partial charge in [-0.05, 0) is 19.1 Å². The Hall–Kier alpha value is -1.26. The molecule has 1 rings (SSSR count). The zero-order valence-corrected chi connectivity index (χ0v) is 9.65. The highest BCUT2D eigenvalue weighted by Crippen LogP contribution is 2.19. The second kappa shape index (κ2) is 7.96. The highest BCUT2D eigenvalue weighted by molar-refractivity contribution is 5.51. The minimum Gasteiger partial charge on any atom is -0.489 e. The van der Waals surface area contributed by atoms with Gasteiger partial charge in [0.15, 0.2) is 0 Å². The summed E-state index contributed by atoms with van der Waals surface area (Å²) in [6.07, 6.45) is 0. The SMILES string of the molecule is CCOCCOCCOc1ccccc1N. The van der Waals surface area contributed by atoms with Crippen molar-refractivity contribution in [2.24, 2.45) is 0 Å². The van der Waals surface area contributed by atoms with Gasteiger partial charge in [-0.3, -0.25) is 0 Å². The van der Waals surface area contributed by atoms with Crippen LogP contribution >= 0.6 is 0 Å². The fourth-order valence-corrected chi connectivity index (χ4v) is 1.19. The Morgan fingerprint density at radius 2 is 1.69 bits per heavy atom. The summed E-state index contributed by atoms with van der Waals surface area (Å²) < 4.78 is 15.9. The van der Waals surface area contributed by atoms with E-state index in [1.165, 1.54) is 0 Å². The molecular weight excluding hydrogens is 206 g/mol. The fraction of sp³-hybridized carbons (Fsp3) is 0.500. The summed E-state index contributed by atoms with van der Waals surface area (Å²) in [4.78, 5) is 0. The van der Waals surface area contributed by atoms with Gasteiger partial charge in [0.05, 0.1) is 25.5 Å². The third-order valence-corrected chi connectivity index (χ3v) is 1.98. The number of hydrogen-bond donors (Lipinski definition) is 1. The third kappa shape index (κ3) is 5.00. The molecule has 0 fully saturated rings. The number of nitrogen functional groups attached to an aromatic ring is 1. The molecule has 0 aliphatic rings. The van der Waals surface area contributed by atoms with Crippen molar-refractivity contribution in [3.8, 4) is 5.75 Å². The molecule has 0 spiro atoms. The Morgan fingerprint density at radius 3 is 2.44 bits per heavy atom. The normalized spacial score (nSPS) is 10.3. The number of anilines is 1. The zero-order chi connectivity index (χ0) is 11.6. The first-order valence-corrected chi connectivity index (χ1v) is 5.47. The van der Waals surface area contributed by atoms with Crippen LogP contribution in [0.25, 0.3) is 0 Å². The van der Waals surface area contributed by atoms with Crippen LogP contribution in [0.15, 0.2) is 24.3 Å². The van der Waals surface area contributed by atoms with Gasteiger partial charge in [-0.15, -0.1) is 0 Å². The first kappa shape index (κ1) is 12.8. The Balaban J connectivity index is 2.05. The van der Waals surface area contributed by atoms with E-state index in [2.05, 4.69) is 0 Å². The maximum atomic E-state index is 5.72. The largest absolute Gasteiger partial charge is 0.489 e. The summed E-state index contributed by atoms with van der Waals surface area (Å²) >= 11 is 0. The summed E-state index contributed by atoms with van der Waals surface area (Å²) in [7, 11) is 0. The molecule has 0 atom stereocenters. The predicted octanol–water partition coefficient (Wildman–Crippen LogP) is 1.70. The van der Waals surface area contributed by atoms with Gasteiger partial charge in [-0.25, -0.2) is 0 Å². The molecule has 4 heteroatoms. The maximum Gasteiger partial charge on any atom is 0.142 e. The van der Waals surface area contributed by atoms with Crippen LogP contribution < -0.4 is 10.5 Å². The van der Waals surface area contributed by atoms with Crippen LogP contribution in [0.5, 0.6) is 5.75 Å². The summed E-state index contributed by atoms with van der Waals surface area (Å²) in [5.74, 6) is 0.705. The molecule has 4 nitrogen and oxygen atoms in total. The first-order chi connectivity index (χ1) is 7.84. The van der Waals surface area contributed by atoms with Gasteiger partial charge in [-0.1, -0.05) is 12.1 Å². The molecule has 0 aliphatic carbocycles. The van der Waals surface area contributed by atoms with E-state index in [0.29, 0.717) is 37.9 Å². The minimum atomic E-state index is 0.500. The number of hydrogen-bond acceptors (Lipinski definition) is 4. The van der Waals surface area contributed by atoms with E-state index in [1.807, 2.05) is 31.2 Å². The van der Waals surface area contributed by atoms with Crippen molar-refractivity contribution >= 4 is 5.69 Å². The lowest BCUT2D eigenvalue weighted by molar-refractivity contribution is 0.0406. The van der Waals surface area contributed by atoms with Crippen LogP contribution in [0.1, 0.15) is 6.92 Å². The van der Waals surface area contributed by atoms with Crippen molar-refractivity contribution in [2.45, 2.75) is 6.92 Å². The molecule has 0 radical (unpaired) electrons. The van der Waals surface area contributed by atoms with Crippen molar-refractivity contribution in [1.82, 2.24) is 0 Å². The van der Waals surface area contributed by atoms with E-state index in [9.17, 15) is 0 Å². The average molecular weight is 225 g/mol. The lowest BCUT2D eigenvalue weighted by atomic mass is 10.3. The number of ether oxygens (including phenoxy) is 3. The van der Waals surface area contributed by atoms with Gasteiger partial charge in [0.25, 0.3) is 0 Å². The summed E-state index contributed by atoms with van der Waals surface area (Å²) in [6, 6.07) is 7.42. The number of para-hydroxylation sites is 2. The van der Waals surface area contributed by atoms with Gasteiger partial charge in [0, 0.05) is 6.61 Å². The summed E-state index contributed by atoms with van der Waals surface area (Å²) in [6.45, 7) is 4.95. The second-order valence-corrected chi connectivity index (χ2v) is 3.20. The predicted molar refractivity (Wildman–Crippen MR) is 63.7 cm³/mol. The molecule has 16 heavy (non-hydrogen) atoms. The lowest BCUT2D eigenvalue weighted by Crippen LogP contribution is -2.11. The molecule has 0 aliphatic heterocycles. The molecule has 0 bridgehead atoms. The molecule has 0 amide bonds. The van der Waals surface area contributed by atoms with E-state index >= 15 is 0 Å². The van der Waals surface area contributed by atoms with Crippen LogP contribution in [-0.2, 0) is 9.47 Å². The zero-order valence-electron chi connectivity index (χ0n) is 9.65. The van der Waals surface area contributed by atoms with E-state index in [1.54, 1.807) is 0 Å². The first-order valence-electron chi connectivity index (χ1n) is 5.47. The monoisotopic (exact) mass is 225 g/mol. The smallest absolute Gasteiger partial charge is 0.142 e. The Labute approximate surface area is 96.3 Å². The molecule has 2 N–H and O–H groups in total. The van der Waals surface area contributed by atoms with Crippen LogP contribution in [0.2, 0.25) is 0 Å². The minimum absolute atomic E-state index is 0.500. The number of nitrogens with two attached hydrogens (primary N) is 1. The highest BCUT2D eigenvalue weighted by Gasteiger charge is 1.97. The molecular formula is C12H19NO3. The maximum absolute atomic E-state index is 5.72. The average Bonchev–Trinajstić information content (AvgIpc) is 2.30. The highest BCUT2D eigenvalue weighted by atomic mass is 16.5. The Morgan fingerprint density at radius 1 is 1.00 bits per heavy atom. The van der Waals surface area contributed by atoms with Crippen molar-refractivity contribution in [3.05, 3.63) is 24.3 Å². The molecule has 0 saturated carbocycles. The van der Waals surface area contributed by atoms with Crippen molar-refractivity contribution in [1.29, 1.82) is 0 Å². The van der Waals surface area contributed by atoms with Gasteiger partial charge in [0.2, 0.25) is 0 Å². The van der Waals surface area contributed by atoms with E-state index in [0.717, 1.165) is 6.61 Å². The van der Waals surface area contributed by atoms with Crippen LogP contribution in [0.3, 0.4) is 0 Å². The topological polar surface area (TPSA) is 53.7 Å². The van der Waals surface area contributed by atoms with Gasteiger partial charge in [-0.2, -0.15) is 0 Å². The van der Waals surface area contributed by atoms with Crippen molar-refractivity contribution in [2.75, 3.05) is 38.8 Å². The summed E-state index contributed by atoms with van der Waals surface area (Å²) in [5, 5.41) is 0. The van der Waals surface area contributed by atoms with Gasteiger partial charge in [0.1, 0.15) is 12.4 Å². The molecule has 0 heterocycles. The second-order valence-electron chi connectivity index (χ2n) is 3.20. The number of benzene rings is 1. The third-order valence-electron chi connectivity index (χ3n) is 1.98. The molecule has 1 aromatic rings.